The average molecular weight is 490 g/mol. The summed E-state index contributed by atoms with van der Waals surface area (Å²) in [5.74, 6) is -1.07. The molecule has 1 saturated heterocycles. The number of nitrogens with one attached hydrogen (secondary N) is 2. The number of hydrogen-bond acceptors (Lipinski definition) is 6. The summed E-state index contributed by atoms with van der Waals surface area (Å²) < 4.78 is 4.96. The third-order valence-electron chi connectivity index (χ3n) is 5.16. The van der Waals surface area contributed by atoms with Gasteiger partial charge in [0, 0.05) is 22.7 Å². The number of amides is 4. The van der Waals surface area contributed by atoms with E-state index in [0.29, 0.717) is 22.6 Å². The second-order valence-corrected chi connectivity index (χ2v) is 8.89. The van der Waals surface area contributed by atoms with E-state index in [-0.39, 0.29) is 30.9 Å². The van der Waals surface area contributed by atoms with Crippen LogP contribution in [0.2, 0.25) is 0 Å². The van der Waals surface area contributed by atoms with Crippen molar-refractivity contribution < 1.29 is 23.9 Å². The van der Waals surface area contributed by atoms with Gasteiger partial charge in [-0.2, -0.15) is 0 Å². The van der Waals surface area contributed by atoms with Gasteiger partial charge in [-0.1, -0.05) is 18.2 Å². The van der Waals surface area contributed by atoms with E-state index in [0.717, 1.165) is 9.80 Å². The minimum atomic E-state index is -0.563. The highest BCUT2D eigenvalue weighted by atomic mass is 32.2. The zero-order valence-corrected chi connectivity index (χ0v) is 19.7. The number of hydrogen-bond donors (Lipinski definition) is 2. The second kappa shape index (κ2) is 10.9. The molecular weight excluding hydrogens is 466 g/mol. The lowest BCUT2D eigenvalue weighted by Gasteiger charge is -2.15. The van der Waals surface area contributed by atoms with Crippen molar-refractivity contribution in [1.82, 2.24) is 0 Å². The quantitative estimate of drug-likeness (QED) is 0.360. The lowest BCUT2D eigenvalue weighted by molar-refractivity contribution is -0.121. The molecule has 1 fully saturated rings. The van der Waals surface area contributed by atoms with Crippen molar-refractivity contribution in [2.75, 3.05) is 22.1 Å². The lowest BCUT2D eigenvalue weighted by atomic mass is 10.2. The number of ether oxygens (including phenoxy) is 1. The monoisotopic (exact) mass is 489 g/mol. The molecule has 1 unspecified atom stereocenters. The summed E-state index contributed by atoms with van der Waals surface area (Å²) in [6, 6.07) is 22.0. The SMILES string of the molecule is CCOC(=O)c1ccc(N2C(=O)CC(Sc3ccc(NC(=O)Nc4ccccc4)cc3)C2=O)cc1. The van der Waals surface area contributed by atoms with Crippen LogP contribution in [0.15, 0.2) is 83.8 Å². The predicted octanol–water partition coefficient (Wildman–Crippen LogP) is 4.93. The van der Waals surface area contributed by atoms with Gasteiger partial charge in [-0.3, -0.25) is 9.59 Å². The molecule has 3 aromatic rings. The summed E-state index contributed by atoms with van der Waals surface area (Å²) in [6.07, 6.45) is 0.0720. The van der Waals surface area contributed by atoms with Crippen LogP contribution in [-0.4, -0.2) is 35.7 Å². The fourth-order valence-electron chi connectivity index (χ4n) is 3.52. The molecule has 4 rings (SSSR count). The molecule has 1 heterocycles. The Labute approximate surface area is 206 Å². The molecule has 1 aliphatic rings. The van der Waals surface area contributed by atoms with Crippen molar-refractivity contribution in [2.45, 2.75) is 23.5 Å². The van der Waals surface area contributed by atoms with Gasteiger partial charge in [0.05, 0.1) is 23.1 Å². The van der Waals surface area contributed by atoms with Crippen LogP contribution in [0.5, 0.6) is 0 Å². The number of carbonyl (C=O) groups is 4. The number of nitrogens with zero attached hydrogens (tertiary/aromatic N) is 1. The molecule has 3 aromatic carbocycles. The van der Waals surface area contributed by atoms with Gasteiger partial charge in [-0.05, 0) is 67.6 Å². The smallest absolute Gasteiger partial charge is 0.338 e. The number of rotatable bonds is 7. The van der Waals surface area contributed by atoms with Crippen molar-refractivity contribution in [3.8, 4) is 0 Å². The first-order valence-corrected chi connectivity index (χ1v) is 11.9. The van der Waals surface area contributed by atoms with Gasteiger partial charge in [-0.15, -0.1) is 11.8 Å². The van der Waals surface area contributed by atoms with Gasteiger partial charge in [-0.25, -0.2) is 14.5 Å². The summed E-state index contributed by atoms with van der Waals surface area (Å²) in [5, 5.41) is 4.93. The average Bonchev–Trinajstić information content (AvgIpc) is 3.13. The van der Waals surface area contributed by atoms with Gasteiger partial charge in [0.1, 0.15) is 0 Å². The van der Waals surface area contributed by atoms with Crippen molar-refractivity contribution in [3.63, 3.8) is 0 Å². The molecule has 9 heteroatoms. The van der Waals surface area contributed by atoms with Crippen LogP contribution in [0.25, 0.3) is 0 Å². The van der Waals surface area contributed by atoms with Crippen molar-refractivity contribution in [1.29, 1.82) is 0 Å². The third-order valence-corrected chi connectivity index (χ3v) is 6.36. The summed E-state index contributed by atoms with van der Waals surface area (Å²) in [4.78, 5) is 51.5. The van der Waals surface area contributed by atoms with Crippen LogP contribution in [-0.2, 0) is 14.3 Å². The number of benzene rings is 3. The highest BCUT2D eigenvalue weighted by molar-refractivity contribution is 8.00. The van der Waals surface area contributed by atoms with E-state index >= 15 is 0 Å². The maximum absolute atomic E-state index is 13.0. The highest BCUT2D eigenvalue weighted by Crippen LogP contribution is 2.34. The number of anilines is 3. The van der Waals surface area contributed by atoms with Crippen LogP contribution in [0, 0.1) is 0 Å². The Hall–Kier alpha value is -4.11. The fourth-order valence-corrected chi connectivity index (χ4v) is 4.58. The second-order valence-electron chi connectivity index (χ2n) is 7.61. The Morgan fingerprint density at radius 1 is 0.914 bits per heavy atom. The molecular formula is C26H23N3O5S. The predicted molar refractivity (Wildman–Crippen MR) is 135 cm³/mol. The largest absolute Gasteiger partial charge is 0.462 e. The van der Waals surface area contributed by atoms with Crippen molar-refractivity contribution in [3.05, 3.63) is 84.4 Å². The number of imide groups is 1. The van der Waals surface area contributed by atoms with E-state index < -0.39 is 11.2 Å². The molecule has 0 bridgehead atoms. The van der Waals surface area contributed by atoms with Gasteiger partial charge in [0.25, 0.3) is 0 Å². The van der Waals surface area contributed by atoms with Crippen LogP contribution in [0.3, 0.4) is 0 Å². The van der Waals surface area contributed by atoms with E-state index in [1.807, 2.05) is 18.2 Å². The minimum absolute atomic E-state index is 0.0720. The van der Waals surface area contributed by atoms with Crippen molar-refractivity contribution in [2.24, 2.45) is 0 Å². The molecule has 0 saturated carbocycles. The van der Waals surface area contributed by atoms with E-state index in [4.69, 9.17) is 4.74 Å². The highest BCUT2D eigenvalue weighted by Gasteiger charge is 2.40. The Kier molecular flexibility index (Phi) is 7.47. The van der Waals surface area contributed by atoms with Crippen LogP contribution >= 0.6 is 11.8 Å². The first-order chi connectivity index (χ1) is 16.9. The van der Waals surface area contributed by atoms with Crippen molar-refractivity contribution >= 4 is 52.6 Å². The zero-order chi connectivity index (χ0) is 24.8. The van der Waals surface area contributed by atoms with Crippen LogP contribution in [0.4, 0.5) is 21.9 Å². The van der Waals surface area contributed by atoms with Gasteiger partial charge >= 0.3 is 12.0 Å². The molecule has 35 heavy (non-hydrogen) atoms. The standard InChI is InChI=1S/C26H23N3O5S/c1-2-34-25(32)17-8-12-20(13-9-17)29-23(30)16-22(24(29)31)35-21-14-10-19(11-15-21)28-26(33)27-18-6-4-3-5-7-18/h3-15,22H,2,16H2,1H3,(H2,27,28,33). The Morgan fingerprint density at radius 2 is 1.54 bits per heavy atom. The van der Waals surface area contributed by atoms with Crippen LogP contribution in [0.1, 0.15) is 23.7 Å². The molecule has 4 amide bonds. The Morgan fingerprint density at radius 3 is 2.17 bits per heavy atom. The first-order valence-electron chi connectivity index (χ1n) is 11.0. The van der Waals surface area contributed by atoms with E-state index in [2.05, 4.69) is 10.6 Å². The third kappa shape index (κ3) is 5.88. The normalized spacial score (nSPS) is 15.1. The van der Waals surface area contributed by atoms with Gasteiger partial charge in [0.2, 0.25) is 11.8 Å². The molecule has 8 nitrogen and oxygen atoms in total. The maximum atomic E-state index is 13.0. The maximum Gasteiger partial charge on any atom is 0.338 e. The summed E-state index contributed by atoms with van der Waals surface area (Å²) in [5.41, 5.74) is 2.05. The Bertz CT molecular complexity index is 1230. The molecule has 0 radical (unpaired) electrons. The number of para-hydroxylation sites is 1. The minimum Gasteiger partial charge on any atom is -0.462 e. The fraction of sp³-hybridized carbons (Fsp3) is 0.154. The van der Waals surface area contributed by atoms with E-state index in [1.165, 1.54) is 23.9 Å². The van der Waals surface area contributed by atoms with E-state index in [9.17, 15) is 19.2 Å². The zero-order valence-electron chi connectivity index (χ0n) is 18.9. The summed E-state index contributed by atoms with van der Waals surface area (Å²) in [7, 11) is 0. The first kappa shape index (κ1) is 24.0. The topological polar surface area (TPSA) is 105 Å². The van der Waals surface area contributed by atoms with Gasteiger partial charge in [0.15, 0.2) is 0 Å². The molecule has 178 valence electrons. The molecule has 0 aromatic heterocycles. The molecule has 1 atom stereocenters. The van der Waals surface area contributed by atoms with Crippen LogP contribution < -0.4 is 15.5 Å². The van der Waals surface area contributed by atoms with Gasteiger partial charge < -0.3 is 15.4 Å². The molecule has 2 N–H and O–H groups in total. The van der Waals surface area contributed by atoms with E-state index in [1.54, 1.807) is 55.5 Å². The lowest BCUT2D eigenvalue weighted by Crippen LogP contribution is -2.31. The summed E-state index contributed by atoms with van der Waals surface area (Å²) in [6.45, 7) is 1.99. The molecule has 0 aliphatic carbocycles. The molecule has 1 aliphatic heterocycles. The number of carbonyl (C=O) groups excluding carboxylic acids is 4. The number of thioether (sulfide) groups is 1. The Balaban J connectivity index is 1.35. The molecule has 0 spiro atoms. The summed E-state index contributed by atoms with van der Waals surface area (Å²) >= 11 is 1.29. The number of urea groups is 1. The number of esters is 1.